The van der Waals surface area contributed by atoms with Crippen LogP contribution in [0.3, 0.4) is 0 Å². The zero-order chi connectivity index (χ0) is 70.2. The number of aliphatic hydroxyl groups is 17. The Bertz CT molecular complexity index is 4230. The summed E-state index contributed by atoms with van der Waals surface area (Å²) in [6.07, 6.45) is -1.92. The molecule has 44 heteroatoms. The van der Waals surface area contributed by atoms with Gasteiger partial charge in [-0.2, -0.15) is 10.2 Å². The number of hydrogen-bond acceptors (Lipinski definition) is 36. The maximum Gasteiger partial charge on any atom is 0.316 e. The number of amides is 6. The second kappa shape index (κ2) is 20.7. The van der Waals surface area contributed by atoms with Gasteiger partial charge in [0.25, 0.3) is 35.3 Å². The first-order valence-corrected chi connectivity index (χ1v) is 25.7. The lowest BCUT2D eigenvalue weighted by molar-refractivity contribution is -0.505. The normalized spacial score (nSPS) is 21.2. The third-order valence-corrected chi connectivity index (χ3v) is 15.5. The summed E-state index contributed by atoms with van der Waals surface area (Å²) >= 11 is 0. The molecular weight excluding hydrogens is 1280 g/mol. The Balaban J connectivity index is 0.939. The van der Waals surface area contributed by atoms with Crippen LogP contribution in [0, 0.1) is 0 Å². The second-order valence-electron chi connectivity index (χ2n) is 21.2. The molecule has 44 nitrogen and oxygen atoms in total. The highest BCUT2D eigenvalue weighted by molar-refractivity contribution is 6.15. The van der Waals surface area contributed by atoms with E-state index in [1.165, 1.54) is 31.4 Å². The van der Waals surface area contributed by atoms with E-state index in [4.69, 9.17) is 25.7 Å². The number of fused-ring (bicyclic) bond motifs is 2. The van der Waals surface area contributed by atoms with E-state index < -0.39 is 238 Å². The number of nitrogens with zero attached hydrogens (tertiary/aromatic N) is 8. The van der Waals surface area contributed by atoms with Crippen molar-refractivity contribution in [2.75, 3.05) is 46.6 Å². The lowest BCUT2D eigenvalue weighted by atomic mass is 9.85. The van der Waals surface area contributed by atoms with Crippen LogP contribution in [0.4, 0.5) is 22.7 Å². The van der Waals surface area contributed by atoms with Crippen LogP contribution in [0.2, 0.25) is 0 Å². The second-order valence-corrected chi connectivity index (χ2v) is 21.2. The summed E-state index contributed by atoms with van der Waals surface area (Å²) in [5.41, 5.74) is -2.75. The van der Waals surface area contributed by atoms with Gasteiger partial charge < -0.3 is 153 Å². The van der Waals surface area contributed by atoms with Crippen molar-refractivity contribution < 1.29 is 171 Å². The van der Waals surface area contributed by atoms with E-state index in [0.29, 0.717) is 9.36 Å². The predicted molar refractivity (Wildman–Crippen MR) is 287 cm³/mol. The largest absolute Gasteiger partial charge is 0.503 e. The number of carbonyl (C=O) groups excluding carboxylic acids is 6. The summed E-state index contributed by atoms with van der Waals surface area (Å²) in [5.74, 6) is -67.7. The molecule has 6 amide bonds. The van der Waals surface area contributed by atoms with Crippen LogP contribution in [0.15, 0.2) is 48.5 Å². The van der Waals surface area contributed by atoms with Gasteiger partial charge in [-0.15, -0.1) is 0 Å². The Morgan fingerprint density at radius 2 is 0.862 bits per heavy atom. The number of phenolic OH excluding ortho intramolecular Hbond substituents is 8. The van der Waals surface area contributed by atoms with Crippen molar-refractivity contribution in [2.24, 2.45) is 11.5 Å². The number of β-amino-alcohol motifs (C(OH)–C–C–N with tert-alkyl or cyclic N) is 4. The number of phenols is 8. The lowest BCUT2D eigenvalue weighted by Crippen LogP contribution is -2.88. The van der Waals surface area contributed by atoms with Gasteiger partial charge in [0.15, 0.2) is 64.2 Å². The maximum absolute atomic E-state index is 14.5. The van der Waals surface area contributed by atoms with Crippen LogP contribution in [0.1, 0.15) is 59.5 Å². The maximum atomic E-state index is 14.5. The highest BCUT2D eigenvalue weighted by Crippen LogP contribution is 2.62. The highest BCUT2D eigenvalue weighted by Gasteiger charge is 2.81. The molecule has 0 aliphatic carbocycles. The van der Waals surface area contributed by atoms with E-state index in [-0.39, 0.29) is 21.2 Å². The van der Waals surface area contributed by atoms with Gasteiger partial charge in [-0.25, -0.2) is 19.2 Å². The fourth-order valence-corrected chi connectivity index (χ4v) is 10.8. The smallest absolute Gasteiger partial charge is 0.316 e. The van der Waals surface area contributed by atoms with Gasteiger partial charge in [0.2, 0.25) is 23.3 Å². The number of methoxy groups -OCH3 is 1. The number of ether oxygens (including phenoxy) is 3. The molecule has 0 bridgehead atoms. The predicted octanol–water partition coefficient (Wildman–Crippen LogP) is -10.7. The number of rotatable bonds is 13. The molecule has 4 aromatic carbocycles. The zero-order valence-electron chi connectivity index (χ0n) is 46.5. The number of nitrogens with two attached hydrogens (primary N) is 2. The fraction of sp³-hybridized carbons (Fsp3) is 0.280. The molecule has 0 spiro atoms. The monoisotopic (exact) mass is 1330 g/mol. The summed E-state index contributed by atoms with van der Waals surface area (Å²) in [4.78, 5) is 78.9. The molecule has 4 aliphatic rings. The molecule has 94 heavy (non-hydrogen) atoms. The number of piperidine rings is 2. The summed E-state index contributed by atoms with van der Waals surface area (Å²) in [6.45, 7) is -4.80. The minimum Gasteiger partial charge on any atom is -0.503 e. The van der Waals surface area contributed by atoms with E-state index >= 15 is 0 Å². The van der Waals surface area contributed by atoms with Gasteiger partial charge in [-0.1, -0.05) is 0 Å². The summed E-state index contributed by atoms with van der Waals surface area (Å²) in [7, 11) is 1.30. The quantitative estimate of drug-likeness (QED) is 0.0290. The van der Waals surface area contributed by atoms with Crippen LogP contribution in [0.25, 0.3) is 11.4 Å². The van der Waals surface area contributed by atoms with Gasteiger partial charge in [0.05, 0.1) is 49.1 Å². The molecule has 1 atom stereocenters. The van der Waals surface area contributed by atoms with Crippen molar-refractivity contribution in [2.45, 2.75) is 58.8 Å². The lowest BCUT2D eigenvalue weighted by Gasteiger charge is -2.55. The van der Waals surface area contributed by atoms with Crippen LogP contribution in [-0.2, 0) is 25.9 Å². The van der Waals surface area contributed by atoms with Crippen molar-refractivity contribution in [1.82, 2.24) is 19.6 Å². The third kappa shape index (κ3) is 8.81. The van der Waals surface area contributed by atoms with E-state index in [2.05, 4.69) is 10.2 Å². The third-order valence-electron chi connectivity index (χ3n) is 15.5. The van der Waals surface area contributed by atoms with E-state index in [0.717, 1.165) is 24.3 Å². The summed E-state index contributed by atoms with van der Waals surface area (Å²) in [6, 6.07) is 8.69. The standard InChI is InChI=1S/C50H48N10O34/c1-92-16-6-2-14(3-7-16)59-23-19(21(53-59)37(51)70)42(75,76)11-55(39(23)72)25-29(62)33(66)27(34(67)30(25)63)57-18(61)10-44(79,80)48(87,50(57,90)91)94-13-93-17-8-4-15(5-9-17)60-24-20(22(54-60)38(52)71)43(77,78)12-56(40(24)73)26-31(64)35(68)28(36(69)32(26)65)58-41(74)45(81,82)46(83,84)47(85,86)49(58,88)89/h2-9,62-69,75-91H,10-13H2,1H3,(H2,51,70)(H2,52,71). The Kier molecular flexibility index (Phi) is 14.6. The number of anilines is 4. The van der Waals surface area contributed by atoms with E-state index in [1.807, 2.05) is 0 Å². The molecule has 502 valence electrons. The van der Waals surface area contributed by atoms with Gasteiger partial charge in [0, 0.05) is 0 Å². The molecule has 2 fully saturated rings. The Hall–Kier alpha value is -10.6. The topological polar surface area (TPSA) is 737 Å². The van der Waals surface area contributed by atoms with Crippen LogP contribution in [-0.4, -0.2) is 250 Å². The molecule has 0 radical (unpaired) electrons. The first kappa shape index (κ1) is 66.3. The minimum atomic E-state index is -5.13. The Morgan fingerprint density at radius 3 is 1.23 bits per heavy atom. The number of carbonyl (C=O) groups is 6. The van der Waals surface area contributed by atoms with Crippen molar-refractivity contribution in [1.29, 1.82) is 0 Å². The first-order chi connectivity index (χ1) is 43.2. The molecule has 2 aromatic heterocycles. The van der Waals surface area contributed by atoms with Crippen LogP contribution < -0.4 is 40.5 Å². The molecule has 1 unspecified atom stereocenters. The molecule has 2 saturated heterocycles. The number of primary amides is 2. The number of benzene rings is 4. The first-order valence-electron chi connectivity index (χ1n) is 25.7. The van der Waals surface area contributed by atoms with Crippen molar-refractivity contribution in [3.8, 4) is 68.9 Å². The molecule has 29 N–H and O–H groups in total. The fourth-order valence-electron chi connectivity index (χ4n) is 10.8. The van der Waals surface area contributed by atoms with E-state index in [9.17, 15) is 156 Å². The molecule has 4 aliphatic heterocycles. The van der Waals surface area contributed by atoms with Gasteiger partial charge in [0.1, 0.15) is 45.6 Å². The van der Waals surface area contributed by atoms with Gasteiger partial charge in [-0.3, -0.25) is 38.6 Å². The molecule has 10 rings (SSSR count). The van der Waals surface area contributed by atoms with Crippen molar-refractivity contribution in [3.05, 3.63) is 82.4 Å². The van der Waals surface area contributed by atoms with Crippen molar-refractivity contribution in [3.63, 3.8) is 0 Å². The Labute approximate surface area is 515 Å². The summed E-state index contributed by atoms with van der Waals surface area (Å²) < 4.78 is 16.5. The Morgan fingerprint density at radius 1 is 0.500 bits per heavy atom. The van der Waals surface area contributed by atoms with Gasteiger partial charge in [-0.05, 0) is 48.5 Å². The minimum absolute atomic E-state index is 0.0798. The molecule has 6 aromatic rings. The highest BCUT2D eigenvalue weighted by atomic mass is 16.8. The van der Waals surface area contributed by atoms with Crippen LogP contribution in [0.5, 0.6) is 57.5 Å². The number of aromatic hydroxyl groups is 8. The number of hydrogen-bond donors (Lipinski definition) is 27. The molecule has 0 saturated carbocycles. The van der Waals surface area contributed by atoms with Gasteiger partial charge >= 0.3 is 29.2 Å². The van der Waals surface area contributed by atoms with E-state index in [1.54, 1.807) is 0 Å². The average molecular weight is 1330 g/mol. The van der Waals surface area contributed by atoms with Crippen LogP contribution >= 0.6 is 0 Å². The zero-order valence-corrected chi connectivity index (χ0v) is 46.5. The molecular formula is C50H48N10O34. The average Bonchev–Trinajstić information content (AvgIpc) is 0.900. The SMILES string of the molecule is COc1ccc(-n2nc(C(N)=O)c3c2C(=O)N(c2c(O)c(O)c(N4C(=O)CC(O)(O)C(O)(OCOc5ccc(-n6nc(C(N)=O)c7c6C(=O)N(c6c(O)c(O)c(N8C(=O)C(O)(O)C(O)(O)C(O)(O)C8(O)O)c(O)c6O)CC7(O)O)cc5)C4(O)O)c(O)c2O)CC3(O)O)cc1. The number of aromatic nitrogens is 4. The molecule has 6 heterocycles. The van der Waals surface area contributed by atoms with Crippen molar-refractivity contribution >= 4 is 58.2 Å². The summed E-state index contributed by atoms with van der Waals surface area (Å²) in [5, 5.41) is 282.